The van der Waals surface area contributed by atoms with Gasteiger partial charge in [0.2, 0.25) is 65.0 Å². The van der Waals surface area contributed by atoms with Crippen molar-refractivity contribution in [3.63, 3.8) is 0 Å². The van der Waals surface area contributed by atoms with Gasteiger partial charge >= 0.3 is 6.18 Å². The summed E-state index contributed by atoms with van der Waals surface area (Å²) < 4.78 is 55.8. The number of aryl methyl sites for hydroxylation is 1. The lowest BCUT2D eigenvalue weighted by molar-refractivity contribution is -0.149. The molecule has 524 valence electrons. The van der Waals surface area contributed by atoms with E-state index in [0.29, 0.717) is 42.0 Å². The summed E-state index contributed by atoms with van der Waals surface area (Å²) in [6, 6.07) is 0.121. The number of likely N-dealkylation sites (N-methyl/N-ethyl adjacent to an activating group) is 7. The first-order valence-corrected chi connectivity index (χ1v) is 32.7. The first-order chi connectivity index (χ1) is 43.7. The highest BCUT2D eigenvalue weighted by atomic mass is 35.5. The molecule has 11 amide bonds. The third-order valence-corrected chi connectivity index (χ3v) is 18.6. The van der Waals surface area contributed by atoms with Gasteiger partial charge in [-0.25, -0.2) is 4.39 Å². The zero-order valence-electron chi connectivity index (χ0n) is 57.5. The second-order valence-electron chi connectivity index (χ2n) is 27.0. The maximum absolute atomic E-state index is 14.9. The van der Waals surface area contributed by atoms with Crippen LogP contribution in [0.25, 0.3) is 0 Å². The number of alkyl halides is 3. The van der Waals surface area contributed by atoms with Crippen LogP contribution in [0.1, 0.15) is 143 Å². The summed E-state index contributed by atoms with van der Waals surface area (Å²) in [6.07, 6.45) is -1.88. The van der Waals surface area contributed by atoms with Crippen molar-refractivity contribution >= 4 is 76.6 Å². The lowest BCUT2D eigenvalue weighted by atomic mass is 9.82. The maximum atomic E-state index is 14.9. The summed E-state index contributed by atoms with van der Waals surface area (Å²) in [5, 5.41) is 11.5. The molecule has 94 heavy (non-hydrogen) atoms. The maximum Gasteiger partial charge on any atom is 0.419 e. The standard InChI is InChI=1S/C67H100ClF4N11O11/c1-17-41(6)57-63(92)79(12)37-55(86)77(10)38-56(87)82(15)52(35-44-23-27-46(68)28-24-44)62(91)78(11)36-53(84)73-49(30-26-43-25-29-47(48(69)34-43)67(70,71)72)59(88)74-50(31-39(2)3)61(90)83(16)66(8,9)65(94)76-58(45-21-19-18-20-22-45)64(93)80(13)42(7)33-54(85)81(14)51(32-40(4)5)60(89)75-57/h23-25,27-29,34,39-42,45,49-52,57-58H,17-22,26,30-33,35-38H2,1-16H3,(H,73,84)(H,74,88)(H,75,89)(H,76,94)/t41-,42+,49-,50+,51-,52-,57-,58-/m0/s1. The average Bonchev–Trinajstić information content (AvgIpc) is 0.821. The Kier molecular flexibility index (Phi) is 29.3. The predicted octanol–water partition coefficient (Wildman–Crippen LogP) is 5.85. The molecule has 27 heteroatoms. The molecule has 2 aromatic rings. The van der Waals surface area contributed by atoms with Crippen LogP contribution in [0.3, 0.4) is 0 Å². The number of carbonyl (C=O) groups is 11. The molecule has 8 atom stereocenters. The Hall–Kier alpha value is -7.38. The Bertz CT molecular complexity index is 3020. The van der Waals surface area contributed by atoms with Crippen molar-refractivity contribution < 1.29 is 70.3 Å². The lowest BCUT2D eigenvalue weighted by Crippen LogP contribution is -2.64. The molecule has 1 heterocycles. The molecule has 2 fully saturated rings. The highest BCUT2D eigenvalue weighted by Gasteiger charge is 2.44. The molecule has 22 nitrogen and oxygen atoms in total. The van der Waals surface area contributed by atoms with Crippen LogP contribution in [0.5, 0.6) is 0 Å². The Morgan fingerprint density at radius 1 is 0.606 bits per heavy atom. The van der Waals surface area contributed by atoms with Gasteiger partial charge in [-0.2, -0.15) is 13.2 Å². The van der Waals surface area contributed by atoms with Crippen LogP contribution >= 0.6 is 11.6 Å². The Morgan fingerprint density at radius 2 is 1.17 bits per heavy atom. The van der Waals surface area contributed by atoms with Gasteiger partial charge < -0.3 is 55.6 Å². The number of nitrogens with one attached hydrogen (secondary N) is 4. The van der Waals surface area contributed by atoms with Crippen molar-refractivity contribution in [1.82, 2.24) is 55.6 Å². The number of halogens is 5. The van der Waals surface area contributed by atoms with Crippen LogP contribution in [0.4, 0.5) is 17.6 Å². The second-order valence-corrected chi connectivity index (χ2v) is 27.4. The summed E-state index contributed by atoms with van der Waals surface area (Å²) in [5.74, 6) is -10.7. The van der Waals surface area contributed by atoms with E-state index in [1.165, 1.54) is 73.0 Å². The Morgan fingerprint density at radius 3 is 1.73 bits per heavy atom. The van der Waals surface area contributed by atoms with Crippen molar-refractivity contribution in [1.29, 1.82) is 0 Å². The van der Waals surface area contributed by atoms with E-state index in [4.69, 9.17) is 11.6 Å². The fourth-order valence-corrected chi connectivity index (χ4v) is 11.6. The van der Waals surface area contributed by atoms with Crippen molar-refractivity contribution in [3.05, 3.63) is 70.0 Å². The van der Waals surface area contributed by atoms with Gasteiger partial charge in [0, 0.05) is 73.2 Å². The van der Waals surface area contributed by atoms with Gasteiger partial charge in [0.05, 0.1) is 25.2 Å². The van der Waals surface area contributed by atoms with E-state index in [9.17, 15) is 70.3 Å². The van der Waals surface area contributed by atoms with E-state index in [1.807, 2.05) is 20.8 Å². The summed E-state index contributed by atoms with van der Waals surface area (Å²) in [6.45, 7) is 13.6. The number of hydrogen-bond donors (Lipinski definition) is 4. The molecule has 0 radical (unpaired) electrons. The summed E-state index contributed by atoms with van der Waals surface area (Å²) in [5.41, 5.74) is -2.69. The molecule has 1 aliphatic heterocycles. The van der Waals surface area contributed by atoms with Crippen LogP contribution in [-0.2, 0) is 71.8 Å². The molecular weight excluding hydrogens is 1250 g/mol. The number of hydrogen-bond acceptors (Lipinski definition) is 11. The largest absolute Gasteiger partial charge is 0.419 e. The zero-order valence-corrected chi connectivity index (χ0v) is 58.3. The topological polar surface area (TPSA) is 259 Å². The molecule has 2 aromatic carbocycles. The zero-order chi connectivity index (χ0) is 71.0. The van der Waals surface area contributed by atoms with Crippen LogP contribution in [0.2, 0.25) is 5.02 Å². The van der Waals surface area contributed by atoms with Gasteiger partial charge in [0.25, 0.3) is 0 Å². The molecule has 4 rings (SSSR count). The second kappa shape index (κ2) is 34.9. The third kappa shape index (κ3) is 21.8. The molecule has 0 spiro atoms. The smallest absolute Gasteiger partial charge is 0.343 e. The molecular formula is C67H100ClF4N11O11. The minimum Gasteiger partial charge on any atom is -0.343 e. The fourth-order valence-electron chi connectivity index (χ4n) is 11.5. The van der Waals surface area contributed by atoms with Crippen molar-refractivity contribution in [2.45, 2.75) is 193 Å². The summed E-state index contributed by atoms with van der Waals surface area (Å²) in [4.78, 5) is 168. The van der Waals surface area contributed by atoms with Crippen molar-refractivity contribution in [3.8, 4) is 0 Å². The van der Waals surface area contributed by atoms with Crippen LogP contribution < -0.4 is 21.3 Å². The van der Waals surface area contributed by atoms with E-state index in [1.54, 1.807) is 52.0 Å². The molecule has 0 bridgehead atoms. The minimum absolute atomic E-state index is 0.0161. The van der Waals surface area contributed by atoms with Gasteiger partial charge in [-0.3, -0.25) is 52.7 Å². The monoisotopic (exact) mass is 1350 g/mol. The van der Waals surface area contributed by atoms with Gasteiger partial charge in [-0.1, -0.05) is 97.0 Å². The molecule has 1 aliphatic carbocycles. The van der Waals surface area contributed by atoms with Crippen molar-refractivity contribution in [2.24, 2.45) is 23.7 Å². The predicted molar refractivity (Wildman–Crippen MR) is 347 cm³/mol. The fraction of sp³-hybridized carbons (Fsp3) is 0.657. The van der Waals surface area contributed by atoms with E-state index in [0.717, 1.165) is 49.8 Å². The van der Waals surface area contributed by atoms with Gasteiger partial charge in [0.15, 0.2) is 0 Å². The lowest BCUT2D eigenvalue weighted by Gasteiger charge is -2.40. The third-order valence-electron chi connectivity index (χ3n) is 18.3. The van der Waals surface area contributed by atoms with Gasteiger partial charge in [0.1, 0.15) is 47.6 Å². The van der Waals surface area contributed by atoms with E-state index >= 15 is 0 Å². The minimum atomic E-state index is -5.01. The molecule has 2 aliphatic rings. The van der Waals surface area contributed by atoms with Crippen molar-refractivity contribution in [2.75, 3.05) is 69.0 Å². The molecule has 0 unspecified atom stereocenters. The molecule has 1 saturated heterocycles. The first-order valence-electron chi connectivity index (χ1n) is 32.3. The van der Waals surface area contributed by atoms with Gasteiger partial charge in [-0.15, -0.1) is 0 Å². The van der Waals surface area contributed by atoms with E-state index in [-0.39, 0.29) is 61.8 Å². The SMILES string of the molecule is CC[C@H](C)[C@@H]1NC(=O)[C@H](CC(C)C)N(C)C(=O)C[C@@H](C)N(C)C(=O)[C@H](C2CCCCC2)NC(=O)C(C)(C)N(C)C(=O)[C@@H](CC(C)C)NC(=O)[C@H](CCc2ccc(C(F)(F)F)c(F)c2)NC(=O)CN(C)C(=O)[C@H](Cc2ccc(Cl)cc2)N(C)C(=O)CN(C)C(=O)CN(C)C1=O. The van der Waals surface area contributed by atoms with Crippen LogP contribution in [-0.4, -0.2) is 216 Å². The van der Waals surface area contributed by atoms with Crippen LogP contribution in [0, 0.1) is 29.5 Å². The molecule has 4 N–H and O–H groups in total. The quantitative estimate of drug-likeness (QED) is 0.183. The van der Waals surface area contributed by atoms with Gasteiger partial charge in [-0.05, 0) is 118 Å². The number of benzene rings is 2. The average molecular weight is 1350 g/mol. The highest BCUT2D eigenvalue weighted by molar-refractivity contribution is 6.30. The molecule has 1 saturated carbocycles. The van der Waals surface area contributed by atoms with E-state index in [2.05, 4.69) is 21.3 Å². The molecule has 0 aromatic heterocycles. The Labute approximate surface area is 556 Å². The normalized spacial score (nSPS) is 24.4. The Balaban J connectivity index is 1.85. The van der Waals surface area contributed by atoms with Crippen LogP contribution in [0.15, 0.2) is 42.5 Å². The number of carbonyl (C=O) groups excluding carboxylic acids is 11. The van der Waals surface area contributed by atoms with E-state index < -0.39 is 156 Å². The first kappa shape index (κ1) is 79.1. The summed E-state index contributed by atoms with van der Waals surface area (Å²) >= 11 is 6.20. The summed E-state index contributed by atoms with van der Waals surface area (Å²) in [7, 11) is 9.63. The number of rotatable bonds is 12. The highest BCUT2D eigenvalue weighted by Crippen LogP contribution is 2.33. The number of amides is 11. The number of nitrogens with zero attached hydrogens (tertiary/aromatic N) is 7.